The van der Waals surface area contributed by atoms with Crippen LogP contribution in [-0.4, -0.2) is 27.6 Å². The largest absolute Gasteiger partial charge is 0.330 e. The summed E-state index contributed by atoms with van der Waals surface area (Å²) in [5, 5.41) is 10.4. The van der Waals surface area contributed by atoms with Crippen LogP contribution < -0.4 is 11.1 Å². The average Bonchev–Trinajstić information content (AvgIpc) is 2.98. The lowest BCUT2D eigenvalue weighted by Crippen LogP contribution is -2.12. The summed E-state index contributed by atoms with van der Waals surface area (Å²) in [6.45, 7) is 0.598. The molecule has 0 aliphatic carbocycles. The molecule has 0 unspecified atom stereocenters. The SMILES string of the molecule is NCCc1ccc(C(=O)Nc2ccnc3[nH]ncc23)cc1. The molecule has 0 bridgehead atoms. The van der Waals surface area contributed by atoms with Gasteiger partial charge in [0, 0.05) is 11.8 Å². The normalized spacial score (nSPS) is 10.7. The van der Waals surface area contributed by atoms with E-state index < -0.39 is 0 Å². The van der Waals surface area contributed by atoms with Crippen LogP contribution in [0.1, 0.15) is 15.9 Å². The zero-order valence-electron chi connectivity index (χ0n) is 11.3. The van der Waals surface area contributed by atoms with Crippen molar-refractivity contribution in [2.24, 2.45) is 5.73 Å². The lowest BCUT2D eigenvalue weighted by atomic mass is 10.1. The number of nitrogens with zero attached hydrogens (tertiary/aromatic N) is 2. The van der Waals surface area contributed by atoms with Crippen LogP contribution in [0.5, 0.6) is 0 Å². The van der Waals surface area contributed by atoms with E-state index in [0.29, 0.717) is 23.4 Å². The van der Waals surface area contributed by atoms with E-state index in [0.717, 1.165) is 17.4 Å². The molecule has 3 rings (SSSR count). The van der Waals surface area contributed by atoms with E-state index in [4.69, 9.17) is 5.73 Å². The second-order valence-corrected chi connectivity index (χ2v) is 4.68. The highest BCUT2D eigenvalue weighted by Crippen LogP contribution is 2.19. The third-order valence-electron chi connectivity index (χ3n) is 3.25. The first kappa shape index (κ1) is 13.3. The Balaban J connectivity index is 1.81. The number of fused-ring (bicyclic) bond motifs is 1. The van der Waals surface area contributed by atoms with Crippen LogP contribution in [0.3, 0.4) is 0 Å². The molecule has 2 heterocycles. The van der Waals surface area contributed by atoms with Gasteiger partial charge in [0.2, 0.25) is 0 Å². The maximum Gasteiger partial charge on any atom is 0.255 e. The maximum absolute atomic E-state index is 12.3. The Bertz CT molecular complexity index is 763. The van der Waals surface area contributed by atoms with Crippen molar-refractivity contribution in [3.05, 3.63) is 53.9 Å². The molecule has 106 valence electrons. The van der Waals surface area contributed by atoms with Crippen molar-refractivity contribution in [1.82, 2.24) is 15.2 Å². The molecule has 0 saturated carbocycles. The van der Waals surface area contributed by atoms with Crippen molar-refractivity contribution >= 4 is 22.6 Å². The number of hydrogen-bond donors (Lipinski definition) is 3. The van der Waals surface area contributed by atoms with Crippen LogP contribution in [0.4, 0.5) is 5.69 Å². The molecule has 1 aromatic carbocycles. The molecule has 2 aromatic heterocycles. The molecule has 0 fully saturated rings. The van der Waals surface area contributed by atoms with Crippen molar-refractivity contribution in [2.75, 3.05) is 11.9 Å². The molecule has 0 saturated heterocycles. The first-order valence-electron chi connectivity index (χ1n) is 6.66. The lowest BCUT2D eigenvalue weighted by Gasteiger charge is -2.06. The molecule has 0 radical (unpaired) electrons. The molecule has 0 spiro atoms. The number of rotatable bonds is 4. The molecule has 0 aliphatic heterocycles. The number of carbonyl (C=O) groups is 1. The Morgan fingerprint density at radius 1 is 1.24 bits per heavy atom. The van der Waals surface area contributed by atoms with Gasteiger partial charge in [0.25, 0.3) is 5.91 Å². The van der Waals surface area contributed by atoms with Crippen LogP contribution in [0.15, 0.2) is 42.7 Å². The lowest BCUT2D eigenvalue weighted by molar-refractivity contribution is 0.102. The minimum Gasteiger partial charge on any atom is -0.330 e. The zero-order chi connectivity index (χ0) is 14.7. The molecule has 1 amide bonds. The first-order valence-corrected chi connectivity index (χ1v) is 6.66. The molecule has 6 nitrogen and oxygen atoms in total. The maximum atomic E-state index is 12.3. The summed E-state index contributed by atoms with van der Waals surface area (Å²) in [6.07, 6.45) is 4.07. The van der Waals surface area contributed by atoms with Crippen LogP contribution >= 0.6 is 0 Å². The van der Waals surface area contributed by atoms with Gasteiger partial charge < -0.3 is 11.1 Å². The van der Waals surface area contributed by atoms with Crippen LogP contribution in [0.25, 0.3) is 11.0 Å². The molecular weight excluding hydrogens is 266 g/mol. The van der Waals surface area contributed by atoms with Gasteiger partial charge >= 0.3 is 0 Å². The topological polar surface area (TPSA) is 96.7 Å². The number of aromatic amines is 1. The number of nitrogens with one attached hydrogen (secondary N) is 2. The van der Waals surface area contributed by atoms with E-state index >= 15 is 0 Å². The molecule has 4 N–H and O–H groups in total. The molecule has 6 heteroatoms. The van der Waals surface area contributed by atoms with Crippen molar-refractivity contribution in [1.29, 1.82) is 0 Å². The molecular formula is C15H15N5O. The minimum absolute atomic E-state index is 0.164. The number of carbonyl (C=O) groups excluding carboxylic acids is 1. The quantitative estimate of drug-likeness (QED) is 0.678. The van der Waals surface area contributed by atoms with E-state index in [2.05, 4.69) is 20.5 Å². The molecule has 0 atom stereocenters. The summed E-state index contributed by atoms with van der Waals surface area (Å²) >= 11 is 0. The molecule has 3 aromatic rings. The Morgan fingerprint density at radius 2 is 2.05 bits per heavy atom. The van der Waals surface area contributed by atoms with Gasteiger partial charge in [-0.05, 0) is 36.7 Å². The Labute approximate surface area is 121 Å². The predicted molar refractivity (Wildman–Crippen MR) is 81.0 cm³/mol. The number of anilines is 1. The highest BCUT2D eigenvalue weighted by molar-refractivity contribution is 6.08. The van der Waals surface area contributed by atoms with E-state index in [-0.39, 0.29) is 5.91 Å². The van der Waals surface area contributed by atoms with Crippen molar-refractivity contribution < 1.29 is 4.79 Å². The Morgan fingerprint density at radius 3 is 2.81 bits per heavy atom. The summed E-state index contributed by atoms with van der Waals surface area (Å²) in [5.41, 5.74) is 8.56. The molecule has 0 aliphatic rings. The Hall–Kier alpha value is -2.73. The number of benzene rings is 1. The van der Waals surface area contributed by atoms with Gasteiger partial charge in [0.1, 0.15) is 0 Å². The number of nitrogens with two attached hydrogens (primary N) is 1. The van der Waals surface area contributed by atoms with Crippen LogP contribution in [0, 0.1) is 0 Å². The highest BCUT2D eigenvalue weighted by Gasteiger charge is 2.09. The van der Waals surface area contributed by atoms with Gasteiger partial charge in [-0.25, -0.2) is 4.98 Å². The summed E-state index contributed by atoms with van der Waals surface area (Å²) < 4.78 is 0. The summed E-state index contributed by atoms with van der Waals surface area (Å²) in [7, 11) is 0. The van der Waals surface area contributed by atoms with Gasteiger partial charge in [0.05, 0.1) is 17.3 Å². The summed E-state index contributed by atoms with van der Waals surface area (Å²) in [6, 6.07) is 9.18. The number of pyridine rings is 1. The number of H-pyrrole nitrogens is 1. The summed E-state index contributed by atoms with van der Waals surface area (Å²) in [4.78, 5) is 16.4. The fourth-order valence-electron chi connectivity index (χ4n) is 2.14. The predicted octanol–water partition coefficient (Wildman–Crippen LogP) is 1.71. The smallest absolute Gasteiger partial charge is 0.255 e. The fraction of sp³-hybridized carbons (Fsp3) is 0.133. The van der Waals surface area contributed by atoms with Crippen molar-refractivity contribution in [2.45, 2.75) is 6.42 Å². The van der Waals surface area contributed by atoms with Gasteiger partial charge in [-0.1, -0.05) is 12.1 Å². The minimum atomic E-state index is -0.164. The van der Waals surface area contributed by atoms with Crippen molar-refractivity contribution in [3.63, 3.8) is 0 Å². The van der Waals surface area contributed by atoms with Gasteiger partial charge in [-0.15, -0.1) is 0 Å². The van der Waals surface area contributed by atoms with E-state index in [1.165, 1.54) is 0 Å². The van der Waals surface area contributed by atoms with Crippen molar-refractivity contribution in [3.8, 4) is 0 Å². The monoisotopic (exact) mass is 281 g/mol. The van der Waals surface area contributed by atoms with Crippen LogP contribution in [0.2, 0.25) is 0 Å². The van der Waals surface area contributed by atoms with Gasteiger partial charge in [-0.3, -0.25) is 9.89 Å². The van der Waals surface area contributed by atoms with E-state index in [9.17, 15) is 4.79 Å². The van der Waals surface area contributed by atoms with Crippen LogP contribution in [-0.2, 0) is 6.42 Å². The Kier molecular flexibility index (Phi) is 3.61. The first-order chi connectivity index (χ1) is 10.3. The van der Waals surface area contributed by atoms with E-state index in [1.54, 1.807) is 30.6 Å². The van der Waals surface area contributed by atoms with Gasteiger partial charge in [-0.2, -0.15) is 5.10 Å². The van der Waals surface area contributed by atoms with Gasteiger partial charge in [0.15, 0.2) is 5.65 Å². The third-order valence-corrected chi connectivity index (χ3v) is 3.25. The zero-order valence-corrected chi connectivity index (χ0v) is 11.3. The number of amides is 1. The second-order valence-electron chi connectivity index (χ2n) is 4.68. The number of aromatic nitrogens is 3. The average molecular weight is 281 g/mol. The third kappa shape index (κ3) is 2.75. The summed E-state index contributed by atoms with van der Waals surface area (Å²) in [5.74, 6) is -0.164. The number of hydrogen-bond acceptors (Lipinski definition) is 4. The fourth-order valence-corrected chi connectivity index (χ4v) is 2.14. The standard InChI is InChI=1S/C15H15N5O/c16-7-5-10-1-3-11(4-2-10)15(21)19-13-6-8-17-14-12(13)9-18-20-14/h1-4,6,8-9H,5,7,16H2,(H2,17,18,19,20,21). The highest BCUT2D eigenvalue weighted by atomic mass is 16.1. The second kappa shape index (κ2) is 5.72. The van der Waals surface area contributed by atoms with E-state index in [1.807, 2.05) is 12.1 Å². The molecule has 21 heavy (non-hydrogen) atoms.